The molecule has 0 spiro atoms. The number of carbonyl (C=O) groups is 1. The van der Waals surface area contributed by atoms with Gasteiger partial charge in [0.15, 0.2) is 5.65 Å². The van der Waals surface area contributed by atoms with E-state index in [9.17, 15) is 13.2 Å². The maximum Gasteiger partial charge on any atom is 0.269 e. The first-order chi connectivity index (χ1) is 14.3. The lowest BCUT2D eigenvalue weighted by Gasteiger charge is -2.23. The van der Waals surface area contributed by atoms with Crippen LogP contribution < -0.4 is 0 Å². The van der Waals surface area contributed by atoms with Gasteiger partial charge in [0.2, 0.25) is 0 Å². The van der Waals surface area contributed by atoms with E-state index in [0.29, 0.717) is 12.1 Å². The van der Waals surface area contributed by atoms with Gasteiger partial charge >= 0.3 is 0 Å². The van der Waals surface area contributed by atoms with Crippen LogP contribution in [0.1, 0.15) is 23.6 Å². The highest BCUT2D eigenvalue weighted by atomic mass is 32.2. The van der Waals surface area contributed by atoms with E-state index in [-0.39, 0.29) is 4.90 Å². The van der Waals surface area contributed by atoms with Gasteiger partial charge in [-0.3, -0.25) is 0 Å². The first-order valence-corrected chi connectivity index (χ1v) is 11.1. The summed E-state index contributed by atoms with van der Waals surface area (Å²) in [5.41, 5.74) is 2.19. The van der Waals surface area contributed by atoms with E-state index in [4.69, 9.17) is 0 Å². The number of carbonyl (C=O) groups excluding carboxylic acids is 1. The Kier molecular flexibility index (Phi) is 5.03. The molecule has 1 unspecified atom stereocenters. The summed E-state index contributed by atoms with van der Waals surface area (Å²) in [6.07, 6.45) is 4.45. The predicted octanol–water partition coefficient (Wildman–Crippen LogP) is 4.28. The highest BCUT2D eigenvalue weighted by molar-refractivity contribution is 7.90. The van der Waals surface area contributed by atoms with E-state index in [1.807, 2.05) is 50.2 Å². The number of rotatable bonds is 6. The molecule has 0 N–H and O–H groups in total. The summed E-state index contributed by atoms with van der Waals surface area (Å²) < 4.78 is 27.9. The van der Waals surface area contributed by atoms with Crippen LogP contribution in [0.2, 0.25) is 0 Å². The molecule has 0 saturated heterocycles. The summed E-state index contributed by atoms with van der Waals surface area (Å²) in [4.78, 5) is 16.6. The van der Waals surface area contributed by atoms with Crippen LogP contribution in [0.15, 0.2) is 84.0 Å². The molecule has 0 fully saturated rings. The average molecular weight is 419 g/mol. The van der Waals surface area contributed by atoms with Crippen LogP contribution in [0.4, 0.5) is 0 Å². The van der Waals surface area contributed by atoms with Gasteiger partial charge in [-0.15, -0.1) is 0 Å². The number of nitrogens with zero attached hydrogens (tertiary/aromatic N) is 2. The largest absolute Gasteiger partial charge is 0.302 e. The first-order valence-electron chi connectivity index (χ1n) is 9.64. The quantitative estimate of drug-likeness (QED) is 0.438. The molecule has 4 aromatic rings. The lowest BCUT2D eigenvalue weighted by Crippen LogP contribution is -2.26. The zero-order valence-corrected chi connectivity index (χ0v) is 17.6. The van der Waals surface area contributed by atoms with E-state index in [1.54, 1.807) is 42.7 Å². The van der Waals surface area contributed by atoms with Crippen LogP contribution in [-0.2, 0) is 26.7 Å². The molecule has 5 nitrogen and oxygen atoms in total. The first kappa shape index (κ1) is 20.0. The Morgan fingerprint density at radius 2 is 1.70 bits per heavy atom. The summed E-state index contributed by atoms with van der Waals surface area (Å²) in [6.45, 7) is 3.77. The molecule has 2 heterocycles. The van der Waals surface area contributed by atoms with Gasteiger partial charge < -0.3 is 4.79 Å². The fourth-order valence-electron chi connectivity index (χ4n) is 3.67. The molecule has 152 valence electrons. The van der Waals surface area contributed by atoms with E-state index in [2.05, 4.69) is 4.98 Å². The number of aromatic nitrogens is 2. The Hall–Kier alpha value is -3.25. The number of benzene rings is 2. The predicted molar refractivity (Wildman–Crippen MR) is 117 cm³/mol. The fraction of sp³-hybridized carbons (Fsp3) is 0.167. The standard InChI is InChI=1S/C24H22N2O3S/c1-18-10-12-21(13-11-18)30(28,29)26-16-19(22-9-6-14-25-23(22)26)15-24(2,17-27)20-7-4-3-5-8-20/h3-14,16-17H,15H2,1-2H3. The van der Waals surface area contributed by atoms with Gasteiger partial charge in [0.25, 0.3) is 10.0 Å². The summed E-state index contributed by atoms with van der Waals surface area (Å²) in [5, 5.41) is 0.720. The van der Waals surface area contributed by atoms with Crippen molar-refractivity contribution in [1.82, 2.24) is 8.96 Å². The minimum absolute atomic E-state index is 0.198. The van der Waals surface area contributed by atoms with Crippen LogP contribution in [0.5, 0.6) is 0 Å². The summed E-state index contributed by atoms with van der Waals surface area (Å²) in [6, 6.07) is 19.9. The maximum absolute atomic E-state index is 13.3. The van der Waals surface area contributed by atoms with E-state index in [1.165, 1.54) is 3.97 Å². The zero-order valence-electron chi connectivity index (χ0n) is 16.8. The zero-order chi connectivity index (χ0) is 21.4. The number of hydrogen-bond acceptors (Lipinski definition) is 4. The Balaban J connectivity index is 1.86. The molecule has 0 aliphatic carbocycles. The second kappa shape index (κ2) is 7.54. The Morgan fingerprint density at radius 3 is 2.37 bits per heavy atom. The van der Waals surface area contributed by atoms with Crippen LogP contribution in [-0.4, -0.2) is 23.7 Å². The van der Waals surface area contributed by atoms with Crippen molar-refractivity contribution >= 4 is 27.3 Å². The second-order valence-electron chi connectivity index (χ2n) is 7.72. The van der Waals surface area contributed by atoms with Gasteiger partial charge in [-0.1, -0.05) is 48.0 Å². The molecule has 2 aromatic heterocycles. The molecule has 0 amide bonds. The molecule has 6 heteroatoms. The molecular weight excluding hydrogens is 396 g/mol. The van der Waals surface area contributed by atoms with Gasteiger partial charge in [-0.2, -0.15) is 0 Å². The van der Waals surface area contributed by atoms with Crippen LogP contribution in [0.25, 0.3) is 11.0 Å². The number of pyridine rings is 1. The molecular formula is C24H22N2O3S. The third-order valence-corrected chi connectivity index (χ3v) is 7.11. The van der Waals surface area contributed by atoms with Crippen LogP contribution >= 0.6 is 0 Å². The summed E-state index contributed by atoms with van der Waals surface area (Å²) in [5.74, 6) is 0. The topological polar surface area (TPSA) is 69.0 Å². The molecule has 0 aliphatic heterocycles. The molecule has 2 aromatic carbocycles. The second-order valence-corrected chi connectivity index (χ2v) is 9.54. The smallest absolute Gasteiger partial charge is 0.269 e. The monoisotopic (exact) mass is 418 g/mol. The van der Waals surface area contributed by atoms with Crippen molar-refractivity contribution in [3.05, 3.63) is 95.8 Å². The van der Waals surface area contributed by atoms with Crippen molar-refractivity contribution in [1.29, 1.82) is 0 Å². The molecule has 4 rings (SSSR count). The van der Waals surface area contributed by atoms with Crippen molar-refractivity contribution < 1.29 is 13.2 Å². The highest BCUT2D eigenvalue weighted by Crippen LogP contribution is 2.31. The average Bonchev–Trinajstić information content (AvgIpc) is 3.14. The van der Waals surface area contributed by atoms with Crippen molar-refractivity contribution in [2.24, 2.45) is 0 Å². The molecule has 0 aliphatic rings. The number of fused-ring (bicyclic) bond motifs is 1. The number of aryl methyl sites for hydroxylation is 1. The van der Waals surface area contributed by atoms with Gasteiger partial charge in [0.1, 0.15) is 6.29 Å². The van der Waals surface area contributed by atoms with Gasteiger partial charge in [0.05, 0.1) is 10.3 Å². The molecule has 30 heavy (non-hydrogen) atoms. The Labute approximate surface area is 176 Å². The SMILES string of the molecule is Cc1ccc(S(=O)(=O)n2cc(CC(C)(C=O)c3ccccc3)c3cccnc32)cc1. The third kappa shape index (κ3) is 3.44. The van der Waals surface area contributed by atoms with Crippen molar-refractivity contribution in [3.63, 3.8) is 0 Å². The van der Waals surface area contributed by atoms with Crippen molar-refractivity contribution in [3.8, 4) is 0 Å². The molecule has 0 radical (unpaired) electrons. The minimum Gasteiger partial charge on any atom is -0.302 e. The molecule has 0 bridgehead atoms. The lowest BCUT2D eigenvalue weighted by molar-refractivity contribution is -0.112. The van der Waals surface area contributed by atoms with E-state index >= 15 is 0 Å². The number of hydrogen-bond donors (Lipinski definition) is 0. The summed E-state index contributed by atoms with van der Waals surface area (Å²) in [7, 11) is -3.82. The molecule has 0 saturated carbocycles. The van der Waals surface area contributed by atoms with Gasteiger partial charge in [0, 0.05) is 17.8 Å². The summed E-state index contributed by atoms with van der Waals surface area (Å²) >= 11 is 0. The lowest BCUT2D eigenvalue weighted by atomic mass is 9.79. The van der Waals surface area contributed by atoms with Crippen LogP contribution in [0.3, 0.4) is 0 Å². The Morgan fingerprint density at radius 1 is 1.00 bits per heavy atom. The fourth-order valence-corrected chi connectivity index (χ4v) is 5.02. The number of aldehydes is 1. The molecule has 1 atom stereocenters. The normalized spacial score (nSPS) is 13.8. The Bertz CT molecular complexity index is 1310. The maximum atomic E-state index is 13.3. The van der Waals surface area contributed by atoms with Crippen molar-refractivity contribution in [2.45, 2.75) is 30.6 Å². The van der Waals surface area contributed by atoms with E-state index in [0.717, 1.165) is 28.4 Å². The minimum atomic E-state index is -3.82. The van der Waals surface area contributed by atoms with Crippen LogP contribution in [0, 0.1) is 6.92 Å². The van der Waals surface area contributed by atoms with Crippen molar-refractivity contribution in [2.75, 3.05) is 0 Å². The van der Waals surface area contributed by atoms with E-state index < -0.39 is 15.4 Å². The highest BCUT2D eigenvalue weighted by Gasteiger charge is 2.30. The van der Waals surface area contributed by atoms with Gasteiger partial charge in [-0.05, 0) is 55.7 Å². The third-order valence-electron chi connectivity index (χ3n) is 5.44. The van der Waals surface area contributed by atoms with Gasteiger partial charge in [-0.25, -0.2) is 17.4 Å².